The smallest absolute Gasteiger partial charge is 0.255 e. The summed E-state index contributed by atoms with van der Waals surface area (Å²) in [5.41, 5.74) is 5.26. The highest BCUT2D eigenvalue weighted by molar-refractivity contribution is 6.25. The fourth-order valence-electron chi connectivity index (χ4n) is 6.84. The van der Waals surface area contributed by atoms with Crippen molar-refractivity contribution in [3.05, 3.63) is 69.7 Å². The van der Waals surface area contributed by atoms with E-state index in [0.717, 1.165) is 12.0 Å². The SMILES string of the molecule is CCc1ccc(-c2cc(N(C)C)c3c(c2O)C(=O)C2=C(O)C4(O)C(=O)C(C(N)=O)=C(O)C(N(C)C)C4CC2C3)cc1. The van der Waals surface area contributed by atoms with Crippen LogP contribution in [0, 0.1) is 11.8 Å². The molecule has 0 spiro atoms. The number of primary amides is 1. The van der Waals surface area contributed by atoms with Crippen LogP contribution >= 0.6 is 0 Å². The molecule has 10 heteroatoms. The Morgan fingerprint density at radius 3 is 2.24 bits per heavy atom. The molecule has 2 aromatic rings. The number of Topliss-reactive ketones (excluding diaryl/α,β-unsaturated/α-hetero) is 2. The summed E-state index contributed by atoms with van der Waals surface area (Å²) >= 11 is 0. The van der Waals surface area contributed by atoms with Crippen molar-refractivity contribution in [2.45, 2.75) is 37.8 Å². The number of rotatable bonds is 5. The summed E-state index contributed by atoms with van der Waals surface area (Å²) in [5, 5.41) is 45.8. The van der Waals surface area contributed by atoms with Crippen LogP contribution in [0.25, 0.3) is 11.1 Å². The van der Waals surface area contributed by atoms with Gasteiger partial charge in [0, 0.05) is 36.8 Å². The number of benzene rings is 2. The number of phenolic OH excluding ortho intramolecular Hbond substituents is 1. The van der Waals surface area contributed by atoms with Crippen LogP contribution in [-0.4, -0.2) is 82.6 Å². The topological polar surface area (TPSA) is 165 Å². The van der Waals surface area contributed by atoms with Gasteiger partial charge in [0.25, 0.3) is 5.91 Å². The van der Waals surface area contributed by atoms with E-state index in [9.17, 15) is 34.8 Å². The number of phenols is 1. The summed E-state index contributed by atoms with van der Waals surface area (Å²) in [5.74, 6) is -6.64. The van der Waals surface area contributed by atoms with Gasteiger partial charge in [-0.25, -0.2) is 0 Å². The first-order chi connectivity index (χ1) is 19.2. The van der Waals surface area contributed by atoms with Gasteiger partial charge in [-0.2, -0.15) is 0 Å². The van der Waals surface area contributed by atoms with Gasteiger partial charge in [-0.05, 0) is 62.0 Å². The van der Waals surface area contributed by atoms with Crippen LogP contribution in [0.5, 0.6) is 5.75 Å². The second-order valence-electron chi connectivity index (χ2n) is 11.6. The molecule has 4 atom stereocenters. The van der Waals surface area contributed by atoms with Crippen molar-refractivity contribution in [1.82, 2.24) is 4.90 Å². The fraction of sp³-hybridized carbons (Fsp3) is 0.387. The van der Waals surface area contributed by atoms with Crippen LogP contribution in [0.3, 0.4) is 0 Å². The zero-order valence-electron chi connectivity index (χ0n) is 23.7. The number of carbonyl (C=O) groups is 3. The van der Waals surface area contributed by atoms with E-state index >= 15 is 0 Å². The van der Waals surface area contributed by atoms with Gasteiger partial charge >= 0.3 is 0 Å². The maximum atomic E-state index is 14.2. The highest BCUT2D eigenvalue weighted by Gasteiger charge is 2.63. The third kappa shape index (κ3) is 3.96. The first kappa shape index (κ1) is 28.4. The predicted octanol–water partition coefficient (Wildman–Crippen LogP) is 2.42. The Balaban J connectivity index is 1.74. The number of nitrogens with two attached hydrogens (primary N) is 1. The number of hydrogen-bond acceptors (Lipinski definition) is 9. The van der Waals surface area contributed by atoms with E-state index in [1.807, 2.05) is 56.3 Å². The molecule has 0 radical (unpaired) electrons. The van der Waals surface area contributed by atoms with Gasteiger partial charge < -0.3 is 31.1 Å². The van der Waals surface area contributed by atoms with E-state index in [2.05, 4.69) is 0 Å². The quantitative estimate of drug-likeness (QED) is 0.345. The Morgan fingerprint density at radius 2 is 1.71 bits per heavy atom. The van der Waals surface area contributed by atoms with Crippen LogP contribution in [0.4, 0.5) is 5.69 Å². The molecule has 0 bridgehead atoms. The summed E-state index contributed by atoms with van der Waals surface area (Å²) in [7, 11) is 6.87. The number of aliphatic hydroxyl groups is 3. The lowest BCUT2D eigenvalue weighted by atomic mass is 9.58. The number of anilines is 1. The van der Waals surface area contributed by atoms with Crippen molar-refractivity contribution in [2.24, 2.45) is 17.6 Å². The Kier molecular flexibility index (Phi) is 6.74. The van der Waals surface area contributed by atoms with Crippen molar-refractivity contribution in [2.75, 3.05) is 33.1 Å². The normalized spacial score (nSPS) is 25.7. The fourth-order valence-corrected chi connectivity index (χ4v) is 6.84. The Bertz CT molecular complexity index is 1550. The monoisotopic (exact) mass is 561 g/mol. The lowest BCUT2D eigenvalue weighted by Crippen LogP contribution is -2.63. The maximum Gasteiger partial charge on any atom is 0.255 e. The summed E-state index contributed by atoms with van der Waals surface area (Å²) in [4.78, 5) is 43.2. The zero-order chi connectivity index (χ0) is 30.1. The molecule has 2 aromatic carbocycles. The molecule has 41 heavy (non-hydrogen) atoms. The molecule has 0 aliphatic heterocycles. The summed E-state index contributed by atoms with van der Waals surface area (Å²) in [6.07, 6.45) is 1.11. The highest BCUT2D eigenvalue weighted by Crippen LogP contribution is 2.54. The van der Waals surface area contributed by atoms with Crippen LogP contribution in [0.2, 0.25) is 0 Å². The second kappa shape index (κ2) is 9.74. The summed E-state index contributed by atoms with van der Waals surface area (Å²) < 4.78 is 0. The lowest BCUT2D eigenvalue weighted by Gasteiger charge is -2.50. The third-order valence-corrected chi connectivity index (χ3v) is 8.85. The Morgan fingerprint density at radius 1 is 1.07 bits per heavy atom. The number of aryl methyl sites for hydroxylation is 1. The molecule has 10 nitrogen and oxygen atoms in total. The van der Waals surface area contributed by atoms with Gasteiger partial charge in [0.15, 0.2) is 11.4 Å². The van der Waals surface area contributed by atoms with Crippen molar-refractivity contribution in [3.8, 4) is 16.9 Å². The van der Waals surface area contributed by atoms with E-state index < -0.39 is 58.0 Å². The van der Waals surface area contributed by atoms with Gasteiger partial charge in [-0.3, -0.25) is 19.3 Å². The number of carbonyl (C=O) groups excluding carboxylic acids is 3. The number of hydrogen-bond donors (Lipinski definition) is 5. The minimum absolute atomic E-state index is 0.00782. The molecule has 0 heterocycles. The number of amides is 1. The molecule has 216 valence electrons. The van der Waals surface area contributed by atoms with Crippen LogP contribution < -0.4 is 10.6 Å². The lowest BCUT2D eigenvalue weighted by molar-refractivity contribution is -0.148. The largest absolute Gasteiger partial charge is 0.510 e. The molecule has 0 aromatic heterocycles. The minimum atomic E-state index is -2.67. The number of aromatic hydroxyl groups is 1. The highest BCUT2D eigenvalue weighted by atomic mass is 16.3. The molecule has 0 saturated carbocycles. The molecule has 0 saturated heterocycles. The molecule has 6 N–H and O–H groups in total. The predicted molar refractivity (Wildman–Crippen MR) is 153 cm³/mol. The van der Waals surface area contributed by atoms with Crippen molar-refractivity contribution in [1.29, 1.82) is 0 Å². The van der Waals surface area contributed by atoms with Crippen LogP contribution in [0.15, 0.2) is 53.0 Å². The van der Waals surface area contributed by atoms with Gasteiger partial charge in [0.05, 0.1) is 11.6 Å². The number of aliphatic hydroxyl groups excluding tert-OH is 2. The number of ketones is 2. The molecule has 3 aliphatic carbocycles. The zero-order valence-corrected chi connectivity index (χ0v) is 23.7. The van der Waals surface area contributed by atoms with E-state index in [0.29, 0.717) is 22.4 Å². The molecule has 4 unspecified atom stereocenters. The van der Waals surface area contributed by atoms with Crippen molar-refractivity contribution in [3.63, 3.8) is 0 Å². The van der Waals surface area contributed by atoms with Crippen LogP contribution in [-0.2, 0) is 22.4 Å². The van der Waals surface area contributed by atoms with Gasteiger partial charge in [0.2, 0.25) is 5.78 Å². The molecular weight excluding hydrogens is 526 g/mol. The van der Waals surface area contributed by atoms with Gasteiger partial charge in [-0.1, -0.05) is 31.2 Å². The first-order valence-corrected chi connectivity index (χ1v) is 13.6. The summed E-state index contributed by atoms with van der Waals surface area (Å²) in [6.45, 7) is 2.04. The maximum absolute atomic E-state index is 14.2. The Hall–Kier alpha value is -4.15. The third-order valence-electron chi connectivity index (χ3n) is 8.85. The molecule has 0 fully saturated rings. The van der Waals surface area contributed by atoms with Crippen LogP contribution in [0.1, 0.15) is 34.8 Å². The van der Waals surface area contributed by atoms with E-state index in [1.165, 1.54) is 4.90 Å². The standard InChI is InChI=1S/C31H35N3O7/c1-6-14-7-9-15(10-8-14)17-13-20(33(2)3)18-11-16-12-19-24(34(4)5)27(37)23(30(32)40)29(39)31(19,41)28(38)21(16)26(36)22(18)25(17)35/h7-10,13,16,19,24,35,37-38,41H,6,11-12H2,1-5H3,(H2,32,40). The van der Waals surface area contributed by atoms with Crippen molar-refractivity contribution >= 4 is 23.2 Å². The first-order valence-electron chi connectivity index (χ1n) is 13.6. The second-order valence-corrected chi connectivity index (χ2v) is 11.6. The molecule has 5 rings (SSSR count). The average molecular weight is 562 g/mol. The average Bonchev–Trinajstić information content (AvgIpc) is 2.90. The van der Waals surface area contributed by atoms with Gasteiger partial charge in [0.1, 0.15) is 22.8 Å². The number of fused-ring (bicyclic) bond motifs is 3. The van der Waals surface area contributed by atoms with E-state index in [-0.39, 0.29) is 29.7 Å². The molecular formula is C31H35N3O7. The molecule has 1 amide bonds. The number of nitrogens with zero attached hydrogens (tertiary/aromatic N) is 2. The van der Waals surface area contributed by atoms with Crippen molar-refractivity contribution < 1.29 is 34.8 Å². The minimum Gasteiger partial charge on any atom is -0.510 e. The number of likely N-dealkylation sites (N-methyl/N-ethyl adjacent to an activating group) is 1. The Labute approximate surface area is 238 Å². The molecule has 3 aliphatic rings. The summed E-state index contributed by atoms with van der Waals surface area (Å²) in [6, 6.07) is 8.43. The van der Waals surface area contributed by atoms with Gasteiger partial charge in [-0.15, -0.1) is 0 Å². The number of allylic oxidation sites excluding steroid dienone is 1. The van der Waals surface area contributed by atoms with E-state index in [1.54, 1.807) is 14.1 Å². The van der Waals surface area contributed by atoms with E-state index in [4.69, 9.17) is 5.73 Å².